The molecule has 0 aromatic heterocycles. The minimum atomic E-state index is -4.65. The quantitative estimate of drug-likeness (QED) is 0.794. The van der Waals surface area contributed by atoms with Gasteiger partial charge in [-0.05, 0) is 0 Å². The van der Waals surface area contributed by atoms with Crippen molar-refractivity contribution in [2.45, 2.75) is 18.6 Å². The molecule has 0 unspecified atom stereocenters. The Morgan fingerprint density at radius 2 is 1.50 bits per heavy atom. The number of hydrogen-bond donors (Lipinski definition) is 1. The Kier molecular flexibility index (Phi) is 3.47. The lowest BCUT2D eigenvalue weighted by Crippen LogP contribution is -2.22. The lowest BCUT2D eigenvalue weighted by molar-refractivity contribution is -0.138. The number of rotatable bonds is 2. The van der Waals surface area contributed by atoms with Crippen LogP contribution >= 0.6 is 0 Å². The third kappa shape index (κ3) is 3.13. The molecule has 0 fully saturated rings. The van der Waals surface area contributed by atoms with Gasteiger partial charge in [0, 0.05) is 23.7 Å². The van der Waals surface area contributed by atoms with Crippen LogP contribution in [0.3, 0.4) is 0 Å². The summed E-state index contributed by atoms with van der Waals surface area (Å²) in [4.78, 5) is 0. The average molecular weight is 243 g/mol. The molecule has 1 aromatic rings. The van der Waals surface area contributed by atoms with Crippen LogP contribution in [0, 0.1) is 17.5 Å². The molecule has 0 saturated carbocycles. The van der Waals surface area contributed by atoms with Gasteiger partial charge < -0.3 is 5.73 Å². The van der Waals surface area contributed by atoms with Gasteiger partial charge in [0.25, 0.3) is 0 Å². The molecule has 0 saturated heterocycles. The summed E-state index contributed by atoms with van der Waals surface area (Å²) in [5, 5.41) is 0. The smallest absolute Gasteiger partial charge is 0.323 e. The first-order chi connectivity index (χ1) is 7.20. The Hall–Kier alpha value is -1.24. The van der Waals surface area contributed by atoms with Gasteiger partial charge in [-0.2, -0.15) is 13.2 Å². The van der Waals surface area contributed by atoms with E-state index in [-0.39, 0.29) is 12.1 Å². The Morgan fingerprint density at radius 3 is 1.88 bits per heavy atom. The highest BCUT2D eigenvalue weighted by Gasteiger charge is 2.33. The van der Waals surface area contributed by atoms with Gasteiger partial charge in [-0.25, -0.2) is 13.2 Å². The maximum Gasteiger partial charge on any atom is 0.390 e. The molecule has 0 amide bonds. The van der Waals surface area contributed by atoms with Crippen molar-refractivity contribution < 1.29 is 26.3 Å². The summed E-state index contributed by atoms with van der Waals surface area (Å²) >= 11 is 0. The molecule has 1 rings (SSSR count). The normalized spacial score (nSPS) is 13.9. The Morgan fingerprint density at radius 1 is 1.06 bits per heavy atom. The van der Waals surface area contributed by atoms with E-state index in [0.717, 1.165) is 0 Å². The topological polar surface area (TPSA) is 26.0 Å². The molecule has 1 nitrogen and oxygen atoms in total. The Balaban J connectivity index is 3.04. The van der Waals surface area contributed by atoms with Crippen LogP contribution in [0.15, 0.2) is 12.1 Å². The molecule has 0 aliphatic rings. The molecular weight excluding hydrogens is 236 g/mol. The van der Waals surface area contributed by atoms with Gasteiger partial charge in [0.2, 0.25) is 0 Å². The van der Waals surface area contributed by atoms with Crippen molar-refractivity contribution in [1.29, 1.82) is 0 Å². The molecule has 0 spiro atoms. The number of benzene rings is 1. The van der Waals surface area contributed by atoms with Crippen LogP contribution in [0.25, 0.3) is 0 Å². The number of hydrogen-bond acceptors (Lipinski definition) is 1. The number of nitrogens with two attached hydrogens (primary N) is 1. The fraction of sp³-hybridized carbons (Fsp3) is 0.333. The molecule has 90 valence electrons. The molecule has 1 atom stereocenters. The van der Waals surface area contributed by atoms with E-state index < -0.39 is 41.7 Å². The van der Waals surface area contributed by atoms with Gasteiger partial charge in [0.15, 0.2) is 0 Å². The molecule has 0 aliphatic heterocycles. The second kappa shape index (κ2) is 4.32. The SMILES string of the molecule is N[C@H](CC(F)(F)F)c1c(F)cc(F)cc1F. The second-order valence-electron chi connectivity index (χ2n) is 3.21. The van der Waals surface area contributed by atoms with Crippen LogP contribution < -0.4 is 5.73 Å². The fourth-order valence-electron chi connectivity index (χ4n) is 1.26. The zero-order valence-corrected chi connectivity index (χ0v) is 7.78. The monoisotopic (exact) mass is 243 g/mol. The molecule has 2 N–H and O–H groups in total. The van der Waals surface area contributed by atoms with Crippen molar-refractivity contribution in [3.8, 4) is 0 Å². The Bertz CT molecular complexity index is 363. The molecule has 0 aliphatic carbocycles. The minimum absolute atomic E-state index is 0.286. The molecule has 7 heteroatoms. The summed E-state index contributed by atoms with van der Waals surface area (Å²) in [5.41, 5.74) is 4.05. The lowest BCUT2D eigenvalue weighted by Gasteiger charge is -2.15. The van der Waals surface area contributed by atoms with Gasteiger partial charge in [-0.15, -0.1) is 0 Å². The van der Waals surface area contributed by atoms with Crippen molar-refractivity contribution in [2.75, 3.05) is 0 Å². The standard InChI is InChI=1S/C9H7F6N/c10-4-1-5(11)8(6(12)2-4)7(16)3-9(13,14)15/h1-2,7H,3,16H2/t7-/m1/s1. The highest BCUT2D eigenvalue weighted by atomic mass is 19.4. The summed E-state index contributed by atoms with van der Waals surface area (Å²) in [5.74, 6) is -4.05. The van der Waals surface area contributed by atoms with Crippen LogP contribution in [0.2, 0.25) is 0 Å². The van der Waals surface area contributed by atoms with Gasteiger partial charge in [-0.3, -0.25) is 0 Å². The predicted octanol–water partition coefficient (Wildman–Crippen LogP) is 3.06. The van der Waals surface area contributed by atoms with Crippen molar-refractivity contribution in [1.82, 2.24) is 0 Å². The third-order valence-corrected chi connectivity index (χ3v) is 1.87. The van der Waals surface area contributed by atoms with E-state index in [4.69, 9.17) is 5.73 Å². The van der Waals surface area contributed by atoms with Gasteiger partial charge in [0.05, 0.1) is 6.42 Å². The highest BCUT2D eigenvalue weighted by molar-refractivity contribution is 5.24. The molecule has 0 radical (unpaired) electrons. The van der Waals surface area contributed by atoms with E-state index in [1.165, 1.54) is 0 Å². The van der Waals surface area contributed by atoms with Gasteiger partial charge in [-0.1, -0.05) is 0 Å². The van der Waals surface area contributed by atoms with Gasteiger partial charge in [0.1, 0.15) is 17.5 Å². The first-order valence-electron chi connectivity index (χ1n) is 4.17. The van der Waals surface area contributed by atoms with Crippen LogP contribution in [0.5, 0.6) is 0 Å². The number of alkyl halides is 3. The molecule has 0 heterocycles. The maximum absolute atomic E-state index is 13.0. The average Bonchev–Trinajstić information content (AvgIpc) is 1.96. The van der Waals surface area contributed by atoms with Crippen molar-refractivity contribution in [3.05, 3.63) is 35.1 Å². The van der Waals surface area contributed by atoms with Crippen LogP contribution in [-0.4, -0.2) is 6.18 Å². The van der Waals surface area contributed by atoms with Crippen molar-refractivity contribution in [3.63, 3.8) is 0 Å². The summed E-state index contributed by atoms with van der Waals surface area (Å²) in [7, 11) is 0. The summed E-state index contributed by atoms with van der Waals surface area (Å²) in [6, 6.07) is -1.32. The van der Waals surface area contributed by atoms with Crippen LogP contribution in [0.1, 0.15) is 18.0 Å². The summed E-state index contributed by atoms with van der Waals surface area (Å²) in [6.45, 7) is 0. The van der Waals surface area contributed by atoms with Crippen LogP contribution in [-0.2, 0) is 0 Å². The van der Waals surface area contributed by atoms with Crippen molar-refractivity contribution in [2.24, 2.45) is 5.73 Å². The highest BCUT2D eigenvalue weighted by Crippen LogP contribution is 2.30. The van der Waals surface area contributed by atoms with E-state index in [1.54, 1.807) is 0 Å². The summed E-state index contributed by atoms with van der Waals surface area (Å²) < 4.78 is 74.3. The molecule has 1 aromatic carbocycles. The first kappa shape index (κ1) is 12.8. The summed E-state index contributed by atoms with van der Waals surface area (Å²) in [6.07, 6.45) is -6.22. The molecular formula is C9H7F6N. The van der Waals surface area contributed by atoms with E-state index in [9.17, 15) is 26.3 Å². The molecule has 0 bridgehead atoms. The number of halogens is 6. The third-order valence-electron chi connectivity index (χ3n) is 1.87. The van der Waals surface area contributed by atoms with E-state index in [1.807, 2.05) is 0 Å². The molecule has 16 heavy (non-hydrogen) atoms. The van der Waals surface area contributed by atoms with E-state index >= 15 is 0 Å². The largest absolute Gasteiger partial charge is 0.390 e. The Labute approximate surface area is 86.9 Å². The zero-order chi connectivity index (χ0) is 12.5. The second-order valence-corrected chi connectivity index (χ2v) is 3.21. The van der Waals surface area contributed by atoms with Crippen molar-refractivity contribution >= 4 is 0 Å². The maximum atomic E-state index is 13.0. The fourth-order valence-corrected chi connectivity index (χ4v) is 1.26. The first-order valence-corrected chi connectivity index (χ1v) is 4.17. The lowest BCUT2D eigenvalue weighted by atomic mass is 10.0. The van der Waals surface area contributed by atoms with Gasteiger partial charge >= 0.3 is 6.18 Å². The minimum Gasteiger partial charge on any atom is -0.323 e. The van der Waals surface area contributed by atoms with Crippen LogP contribution in [0.4, 0.5) is 26.3 Å². The predicted molar refractivity (Wildman–Crippen MR) is 43.9 cm³/mol. The zero-order valence-electron chi connectivity index (χ0n) is 7.78. The van der Waals surface area contributed by atoms with E-state index in [2.05, 4.69) is 0 Å². The van der Waals surface area contributed by atoms with E-state index in [0.29, 0.717) is 0 Å².